The Hall–Kier alpha value is -1.46. The van der Waals surface area contributed by atoms with Crippen molar-refractivity contribution in [3.05, 3.63) is 51.7 Å². The summed E-state index contributed by atoms with van der Waals surface area (Å²) in [6, 6.07) is 10.2. The molecule has 21 heavy (non-hydrogen) atoms. The molecule has 1 fully saturated rings. The molecular formula is C16H18N2OS2. The van der Waals surface area contributed by atoms with Gasteiger partial charge in [-0.2, -0.15) is 0 Å². The van der Waals surface area contributed by atoms with Gasteiger partial charge in [-0.3, -0.25) is 0 Å². The van der Waals surface area contributed by atoms with Gasteiger partial charge in [0.15, 0.2) is 0 Å². The number of nitrogens with zero attached hydrogens (tertiary/aromatic N) is 1. The van der Waals surface area contributed by atoms with Crippen molar-refractivity contribution in [2.45, 2.75) is 19.2 Å². The molecule has 0 bridgehead atoms. The molecule has 0 unspecified atom stereocenters. The number of hydrogen-bond donors (Lipinski definition) is 1. The summed E-state index contributed by atoms with van der Waals surface area (Å²) in [4.78, 5) is 15.7. The zero-order valence-electron chi connectivity index (χ0n) is 12.1. The van der Waals surface area contributed by atoms with Gasteiger partial charge in [-0.1, -0.05) is 12.1 Å². The van der Waals surface area contributed by atoms with Crippen molar-refractivity contribution in [2.24, 2.45) is 0 Å². The van der Waals surface area contributed by atoms with Crippen LogP contribution in [0.15, 0.2) is 35.7 Å². The second-order valence-corrected chi connectivity index (χ2v) is 7.33. The number of nitrogens with one attached hydrogen (secondary N) is 1. The Bertz CT molecular complexity index is 640. The maximum Gasteiger partial charge on any atom is 0.323 e. The number of benzene rings is 1. The number of urea groups is 1. The van der Waals surface area contributed by atoms with E-state index in [-0.39, 0.29) is 11.4 Å². The number of amides is 2. The first kappa shape index (κ1) is 14.5. The van der Waals surface area contributed by atoms with Crippen LogP contribution in [0, 0.1) is 13.8 Å². The summed E-state index contributed by atoms with van der Waals surface area (Å²) < 4.78 is 0. The van der Waals surface area contributed by atoms with Gasteiger partial charge in [0, 0.05) is 22.9 Å². The van der Waals surface area contributed by atoms with E-state index in [0.717, 1.165) is 18.0 Å². The van der Waals surface area contributed by atoms with Crippen LogP contribution in [0.2, 0.25) is 0 Å². The van der Waals surface area contributed by atoms with E-state index in [9.17, 15) is 4.79 Å². The quantitative estimate of drug-likeness (QED) is 0.874. The van der Waals surface area contributed by atoms with E-state index in [4.69, 9.17) is 0 Å². The van der Waals surface area contributed by atoms with Crippen LogP contribution in [-0.2, 0) is 0 Å². The molecule has 1 atom stereocenters. The lowest BCUT2D eigenvalue weighted by atomic mass is 10.1. The monoisotopic (exact) mass is 318 g/mol. The largest absolute Gasteiger partial charge is 0.323 e. The molecule has 110 valence electrons. The SMILES string of the molecule is Cc1ccc(NC(=O)N2CCS[C@H]2c2cccs2)cc1C. The Morgan fingerprint density at radius 2 is 2.14 bits per heavy atom. The average molecular weight is 318 g/mol. The number of aryl methyl sites for hydroxylation is 2. The number of thiophene rings is 1. The molecule has 3 nitrogen and oxygen atoms in total. The molecule has 1 aromatic heterocycles. The minimum atomic E-state index is -0.0124. The molecule has 2 heterocycles. The van der Waals surface area contributed by atoms with Gasteiger partial charge in [0.05, 0.1) is 0 Å². The van der Waals surface area contributed by atoms with Gasteiger partial charge in [-0.25, -0.2) is 4.79 Å². The van der Waals surface area contributed by atoms with Crippen LogP contribution in [-0.4, -0.2) is 23.2 Å². The number of carbonyl (C=O) groups excluding carboxylic acids is 1. The first-order valence-corrected chi connectivity index (χ1v) is 8.88. The highest BCUT2D eigenvalue weighted by atomic mass is 32.2. The van der Waals surface area contributed by atoms with E-state index in [1.54, 1.807) is 11.3 Å². The van der Waals surface area contributed by atoms with Crippen molar-refractivity contribution < 1.29 is 4.79 Å². The summed E-state index contributed by atoms with van der Waals surface area (Å²) in [7, 11) is 0. The van der Waals surface area contributed by atoms with Crippen LogP contribution in [0.1, 0.15) is 21.4 Å². The van der Waals surface area contributed by atoms with Crippen molar-refractivity contribution in [2.75, 3.05) is 17.6 Å². The zero-order valence-corrected chi connectivity index (χ0v) is 13.8. The molecule has 1 saturated heterocycles. The first-order chi connectivity index (χ1) is 10.1. The summed E-state index contributed by atoms with van der Waals surface area (Å²) in [5.41, 5.74) is 3.30. The molecule has 1 aliphatic rings. The molecule has 5 heteroatoms. The van der Waals surface area contributed by atoms with E-state index in [0.29, 0.717) is 0 Å². The lowest BCUT2D eigenvalue weighted by molar-refractivity contribution is 0.215. The van der Waals surface area contributed by atoms with E-state index in [1.165, 1.54) is 16.0 Å². The molecule has 3 rings (SSSR count). The van der Waals surface area contributed by atoms with Crippen molar-refractivity contribution in [1.29, 1.82) is 0 Å². The molecule has 2 aromatic rings. The smallest absolute Gasteiger partial charge is 0.308 e. The Morgan fingerprint density at radius 3 is 2.86 bits per heavy atom. The van der Waals surface area contributed by atoms with Gasteiger partial charge in [0.25, 0.3) is 0 Å². The Morgan fingerprint density at radius 1 is 1.29 bits per heavy atom. The van der Waals surface area contributed by atoms with E-state index in [2.05, 4.69) is 30.6 Å². The fourth-order valence-electron chi connectivity index (χ4n) is 2.36. The highest BCUT2D eigenvalue weighted by molar-refractivity contribution is 7.99. The molecule has 1 aromatic carbocycles. The average Bonchev–Trinajstić information content (AvgIpc) is 3.12. The molecule has 2 amide bonds. The number of anilines is 1. The third-order valence-corrected chi connectivity index (χ3v) is 6.01. The van der Waals surface area contributed by atoms with Gasteiger partial charge < -0.3 is 10.2 Å². The van der Waals surface area contributed by atoms with Crippen molar-refractivity contribution >= 4 is 34.8 Å². The number of carbonyl (C=O) groups is 1. The minimum absolute atomic E-state index is 0.0124. The molecule has 0 radical (unpaired) electrons. The van der Waals surface area contributed by atoms with Crippen LogP contribution in [0.25, 0.3) is 0 Å². The normalized spacial score (nSPS) is 18.0. The molecule has 0 spiro atoms. The van der Waals surface area contributed by atoms with E-state index in [1.807, 2.05) is 40.9 Å². The molecule has 1 aliphatic heterocycles. The second-order valence-electron chi connectivity index (χ2n) is 5.16. The van der Waals surface area contributed by atoms with E-state index < -0.39 is 0 Å². The Balaban J connectivity index is 1.73. The maximum atomic E-state index is 12.5. The van der Waals surface area contributed by atoms with Gasteiger partial charge in [-0.05, 0) is 48.6 Å². The predicted octanol–water partition coefficient (Wildman–Crippen LogP) is 4.64. The summed E-state index contributed by atoms with van der Waals surface area (Å²) in [6.07, 6.45) is 0. The van der Waals surface area contributed by atoms with Crippen LogP contribution in [0.3, 0.4) is 0 Å². The van der Waals surface area contributed by atoms with Crippen molar-refractivity contribution in [3.63, 3.8) is 0 Å². The van der Waals surface area contributed by atoms with E-state index >= 15 is 0 Å². The van der Waals surface area contributed by atoms with Crippen LogP contribution < -0.4 is 5.32 Å². The zero-order chi connectivity index (χ0) is 14.8. The number of thioether (sulfide) groups is 1. The lowest BCUT2D eigenvalue weighted by Gasteiger charge is -2.23. The Labute approximate surface area is 133 Å². The minimum Gasteiger partial charge on any atom is -0.308 e. The fourth-order valence-corrected chi connectivity index (χ4v) is 4.60. The third kappa shape index (κ3) is 3.09. The maximum absolute atomic E-state index is 12.5. The second kappa shape index (κ2) is 6.12. The highest BCUT2D eigenvalue weighted by Gasteiger charge is 2.31. The molecular weight excluding hydrogens is 300 g/mol. The topological polar surface area (TPSA) is 32.3 Å². The molecule has 0 saturated carbocycles. The van der Waals surface area contributed by atoms with Crippen LogP contribution >= 0.6 is 23.1 Å². The summed E-state index contributed by atoms with van der Waals surface area (Å²) in [5, 5.41) is 5.23. The summed E-state index contributed by atoms with van der Waals surface area (Å²) in [6.45, 7) is 4.93. The predicted molar refractivity (Wildman–Crippen MR) is 91.2 cm³/mol. The van der Waals surface area contributed by atoms with Crippen LogP contribution in [0.5, 0.6) is 0 Å². The fraction of sp³-hybridized carbons (Fsp3) is 0.312. The highest BCUT2D eigenvalue weighted by Crippen LogP contribution is 2.40. The number of rotatable bonds is 2. The van der Waals surface area contributed by atoms with Gasteiger partial charge >= 0.3 is 6.03 Å². The van der Waals surface area contributed by atoms with Crippen molar-refractivity contribution in [1.82, 2.24) is 4.90 Å². The number of hydrogen-bond acceptors (Lipinski definition) is 3. The molecule has 1 N–H and O–H groups in total. The van der Waals surface area contributed by atoms with Crippen LogP contribution in [0.4, 0.5) is 10.5 Å². The van der Waals surface area contributed by atoms with Crippen molar-refractivity contribution in [3.8, 4) is 0 Å². The Kier molecular flexibility index (Phi) is 4.22. The van der Waals surface area contributed by atoms with Gasteiger partial charge in [0.2, 0.25) is 0 Å². The first-order valence-electron chi connectivity index (χ1n) is 6.95. The third-order valence-electron chi connectivity index (χ3n) is 3.70. The summed E-state index contributed by atoms with van der Waals surface area (Å²) >= 11 is 3.54. The van der Waals surface area contributed by atoms with Gasteiger partial charge in [-0.15, -0.1) is 23.1 Å². The standard InChI is InChI=1S/C16H18N2OS2/c1-11-5-6-13(10-12(11)2)17-16(19)18-7-9-21-15(18)14-4-3-8-20-14/h3-6,8,10,15H,7,9H2,1-2H3,(H,17,19)/t15-/m0/s1. The van der Waals surface area contributed by atoms with Gasteiger partial charge in [0.1, 0.15) is 5.37 Å². The summed E-state index contributed by atoms with van der Waals surface area (Å²) in [5.74, 6) is 0.989. The molecule has 0 aliphatic carbocycles. The lowest BCUT2D eigenvalue weighted by Crippen LogP contribution is -2.34.